The van der Waals surface area contributed by atoms with Crippen molar-refractivity contribution in [2.24, 2.45) is 0 Å². The fourth-order valence-corrected chi connectivity index (χ4v) is 2.23. The molecule has 0 radical (unpaired) electrons. The van der Waals surface area contributed by atoms with Crippen LogP contribution in [0.15, 0.2) is 48.5 Å². The molecule has 0 aromatic heterocycles. The number of carbonyl (C=O) groups excluding carboxylic acids is 1. The quantitative estimate of drug-likeness (QED) is 0.509. The molecule has 0 bridgehead atoms. The maximum Gasteiger partial charge on any atom is 0.416 e. The van der Waals surface area contributed by atoms with Crippen molar-refractivity contribution < 1.29 is 27.4 Å². The van der Waals surface area contributed by atoms with E-state index >= 15 is 0 Å². The number of carbonyl (C=O) groups is 1. The molecule has 2 rings (SSSR count). The van der Waals surface area contributed by atoms with Gasteiger partial charge in [0, 0.05) is 5.56 Å². The normalized spacial score (nSPS) is 11.8. The molecule has 0 atom stereocenters. The third kappa shape index (κ3) is 5.12. The lowest BCUT2D eigenvalue weighted by Crippen LogP contribution is -2.06. The van der Waals surface area contributed by atoms with Gasteiger partial charge in [-0.25, -0.2) is 0 Å². The van der Waals surface area contributed by atoms with Gasteiger partial charge in [-0.3, -0.25) is 4.79 Å². The zero-order valence-electron chi connectivity index (χ0n) is 14.6. The van der Waals surface area contributed by atoms with Crippen molar-refractivity contribution in [2.45, 2.75) is 26.1 Å². The predicted octanol–water partition coefficient (Wildman–Crippen LogP) is 5.40. The van der Waals surface area contributed by atoms with E-state index in [1.165, 1.54) is 13.2 Å². The summed E-state index contributed by atoms with van der Waals surface area (Å²) in [5.41, 5.74) is 0.104. The summed E-state index contributed by atoms with van der Waals surface area (Å²) in [6.07, 6.45) is -1.58. The third-order valence-electron chi connectivity index (χ3n) is 3.47. The summed E-state index contributed by atoms with van der Waals surface area (Å²) in [5.74, 6) is 0.734. The molecule has 0 unspecified atom stereocenters. The molecule has 0 N–H and O–H groups in total. The van der Waals surface area contributed by atoms with Crippen molar-refractivity contribution in [1.82, 2.24) is 0 Å². The van der Waals surface area contributed by atoms with E-state index in [9.17, 15) is 18.0 Å². The summed E-state index contributed by atoms with van der Waals surface area (Å²) in [4.78, 5) is 12.1. The highest BCUT2D eigenvalue weighted by molar-refractivity contribution is 6.06. The van der Waals surface area contributed by atoms with Gasteiger partial charge in [0.2, 0.25) is 0 Å². The van der Waals surface area contributed by atoms with Crippen molar-refractivity contribution in [2.75, 3.05) is 7.11 Å². The van der Waals surface area contributed by atoms with Crippen molar-refractivity contribution in [3.8, 4) is 11.5 Å². The summed E-state index contributed by atoms with van der Waals surface area (Å²) >= 11 is 0. The number of allylic oxidation sites excluding steroid dienone is 1. The minimum absolute atomic E-state index is 0.0445. The fraction of sp³-hybridized carbons (Fsp3) is 0.250. The van der Waals surface area contributed by atoms with E-state index in [0.29, 0.717) is 17.1 Å². The molecule has 0 amide bonds. The zero-order valence-corrected chi connectivity index (χ0v) is 14.6. The Labute approximate surface area is 150 Å². The minimum Gasteiger partial charge on any atom is -0.493 e. The molecular weight excluding hydrogens is 345 g/mol. The standard InChI is InChI=1S/C20H19F3O3/c1-13(2)26-19-12-14(5-11-18(19)25-3)4-10-17(24)15-6-8-16(9-7-15)20(21,22)23/h4-13H,1-3H3/b10-4+. The molecule has 0 saturated heterocycles. The highest BCUT2D eigenvalue weighted by Gasteiger charge is 2.30. The second-order valence-corrected chi connectivity index (χ2v) is 5.85. The van der Waals surface area contributed by atoms with Crippen LogP contribution in [0.4, 0.5) is 13.2 Å². The van der Waals surface area contributed by atoms with Gasteiger partial charge in [-0.05, 0) is 49.8 Å². The Hall–Kier alpha value is -2.76. The monoisotopic (exact) mass is 364 g/mol. The Kier molecular flexibility index (Phi) is 6.08. The lowest BCUT2D eigenvalue weighted by atomic mass is 10.1. The third-order valence-corrected chi connectivity index (χ3v) is 3.47. The number of ether oxygens (including phenoxy) is 2. The molecule has 138 valence electrons. The molecule has 6 heteroatoms. The molecule has 0 aliphatic rings. The Bertz CT molecular complexity index is 791. The first-order chi connectivity index (χ1) is 12.2. The van der Waals surface area contributed by atoms with Gasteiger partial charge < -0.3 is 9.47 Å². The lowest BCUT2D eigenvalue weighted by molar-refractivity contribution is -0.137. The summed E-state index contributed by atoms with van der Waals surface area (Å²) in [7, 11) is 1.53. The average molecular weight is 364 g/mol. The predicted molar refractivity (Wildman–Crippen MR) is 93.6 cm³/mol. The van der Waals surface area contributed by atoms with Crippen LogP contribution in [0.1, 0.15) is 35.3 Å². The Morgan fingerprint density at radius 1 is 1.04 bits per heavy atom. The Morgan fingerprint density at radius 3 is 2.23 bits per heavy atom. The van der Waals surface area contributed by atoms with Gasteiger partial charge in [0.25, 0.3) is 0 Å². The van der Waals surface area contributed by atoms with Crippen LogP contribution in [-0.2, 0) is 6.18 Å². The van der Waals surface area contributed by atoms with Gasteiger partial charge in [0.05, 0.1) is 18.8 Å². The van der Waals surface area contributed by atoms with Crippen LogP contribution in [0.2, 0.25) is 0 Å². The summed E-state index contributed by atoms with van der Waals surface area (Å²) in [6, 6.07) is 9.32. The van der Waals surface area contributed by atoms with E-state index in [2.05, 4.69) is 0 Å². The van der Waals surface area contributed by atoms with Crippen LogP contribution in [0.3, 0.4) is 0 Å². The van der Waals surface area contributed by atoms with Gasteiger partial charge in [-0.15, -0.1) is 0 Å². The molecule has 3 nitrogen and oxygen atoms in total. The number of benzene rings is 2. The molecule has 0 aliphatic carbocycles. The number of alkyl halides is 3. The highest BCUT2D eigenvalue weighted by atomic mass is 19.4. The van der Waals surface area contributed by atoms with Crippen molar-refractivity contribution in [3.05, 3.63) is 65.2 Å². The Morgan fingerprint density at radius 2 is 1.69 bits per heavy atom. The first kappa shape index (κ1) is 19.6. The van der Waals surface area contributed by atoms with E-state index in [1.54, 1.807) is 24.3 Å². The smallest absolute Gasteiger partial charge is 0.416 e. The number of methoxy groups -OCH3 is 1. The topological polar surface area (TPSA) is 35.5 Å². The number of ketones is 1. The van der Waals surface area contributed by atoms with Crippen LogP contribution in [0, 0.1) is 0 Å². The highest BCUT2D eigenvalue weighted by Crippen LogP contribution is 2.30. The number of halogens is 3. The van der Waals surface area contributed by atoms with Crippen molar-refractivity contribution >= 4 is 11.9 Å². The first-order valence-electron chi connectivity index (χ1n) is 7.95. The second kappa shape index (κ2) is 8.08. The van der Waals surface area contributed by atoms with Crippen LogP contribution in [0.25, 0.3) is 6.08 Å². The van der Waals surface area contributed by atoms with Crippen LogP contribution < -0.4 is 9.47 Å². The molecule has 2 aromatic carbocycles. The molecule has 0 fully saturated rings. The van der Waals surface area contributed by atoms with Crippen molar-refractivity contribution in [3.63, 3.8) is 0 Å². The van der Waals surface area contributed by atoms with E-state index in [4.69, 9.17) is 9.47 Å². The molecule has 0 aliphatic heterocycles. The summed E-state index contributed by atoms with van der Waals surface area (Å²) in [5, 5.41) is 0. The van der Waals surface area contributed by atoms with Gasteiger partial charge in [-0.2, -0.15) is 13.2 Å². The largest absolute Gasteiger partial charge is 0.493 e. The van der Waals surface area contributed by atoms with Crippen molar-refractivity contribution in [1.29, 1.82) is 0 Å². The minimum atomic E-state index is -4.42. The zero-order chi connectivity index (χ0) is 19.3. The van der Waals surface area contributed by atoms with E-state index in [0.717, 1.165) is 24.3 Å². The molecule has 0 spiro atoms. The van der Waals surface area contributed by atoms with E-state index in [-0.39, 0.29) is 17.5 Å². The molecule has 0 heterocycles. The van der Waals surface area contributed by atoms with Crippen LogP contribution in [-0.4, -0.2) is 19.0 Å². The van der Waals surface area contributed by atoms with Crippen LogP contribution >= 0.6 is 0 Å². The second-order valence-electron chi connectivity index (χ2n) is 5.85. The number of hydrogen-bond donors (Lipinski definition) is 0. The van der Waals surface area contributed by atoms with Gasteiger partial charge in [-0.1, -0.05) is 24.3 Å². The Balaban J connectivity index is 2.17. The van der Waals surface area contributed by atoms with E-state index in [1.807, 2.05) is 13.8 Å². The summed E-state index contributed by atoms with van der Waals surface area (Å²) in [6.45, 7) is 3.77. The van der Waals surface area contributed by atoms with Crippen LogP contribution in [0.5, 0.6) is 11.5 Å². The molecule has 2 aromatic rings. The molecule has 26 heavy (non-hydrogen) atoms. The van der Waals surface area contributed by atoms with Gasteiger partial charge >= 0.3 is 6.18 Å². The molecular formula is C20H19F3O3. The number of hydrogen-bond acceptors (Lipinski definition) is 3. The maximum atomic E-state index is 12.6. The summed E-state index contributed by atoms with van der Waals surface area (Å²) < 4.78 is 48.6. The average Bonchev–Trinajstić information content (AvgIpc) is 2.58. The lowest BCUT2D eigenvalue weighted by Gasteiger charge is -2.13. The van der Waals surface area contributed by atoms with E-state index < -0.39 is 11.7 Å². The molecule has 0 saturated carbocycles. The first-order valence-corrected chi connectivity index (χ1v) is 7.95. The number of rotatable bonds is 6. The van der Waals surface area contributed by atoms with Gasteiger partial charge in [0.1, 0.15) is 0 Å². The fourth-order valence-electron chi connectivity index (χ4n) is 2.23. The van der Waals surface area contributed by atoms with Gasteiger partial charge in [0.15, 0.2) is 17.3 Å². The SMILES string of the molecule is COc1ccc(/C=C/C(=O)c2ccc(C(F)(F)F)cc2)cc1OC(C)C. The maximum absolute atomic E-state index is 12.6.